The number of aromatic nitrogens is 3. The summed E-state index contributed by atoms with van der Waals surface area (Å²) in [4.78, 5) is 45.2. The molecule has 13 heteroatoms. The van der Waals surface area contributed by atoms with Crippen molar-refractivity contribution in [2.75, 3.05) is 19.4 Å². The molecule has 2 aromatic heterocycles. The fourth-order valence-corrected chi connectivity index (χ4v) is 3.80. The Morgan fingerprint density at radius 3 is 2.63 bits per heavy atom. The molecule has 0 aliphatic carbocycles. The molecule has 214 valence electrons. The molecule has 0 atom stereocenters. The highest BCUT2D eigenvalue weighted by molar-refractivity contribution is 5.90. The van der Waals surface area contributed by atoms with Crippen LogP contribution < -0.4 is 15.6 Å². The van der Waals surface area contributed by atoms with E-state index in [1.807, 2.05) is 0 Å². The Morgan fingerprint density at radius 1 is 1.12 bits per heavy atom. The second-order valence-electron chi connectivity index (χ2n) is 9.19. The molecule has 41 heavy (non-hydrogen) atoms. The van der Waals surface area contributed by atoms with Crippen LogP contribution in [0.4, 0.5) is 23.2 Å². The molecule has 4 aromatic rings. The van der Waals surface area contributed by atoms with Gasteiger partial charge in [-0.2, -0.15) is 4.39 Å². The average molecular weight is 572 g/mol. The van der Waals surface area contributed by atoms with E-state index in [0.29, 0.717) is 18.9 Å². The highest BCUT2D eigenvalue weighted by atomic mass is 19.2. The molecule has 9 nitrogen and oxygen atoms in total. The zero-order chi connectivity index (χ0) is 29.7. The quantitative estimate of drug-likeness (QED) is 0.160. The number of ether oxygens (including phenoxy) is 1. The number of unbranched alkanes of at least 4 members (excludes halogenated alkanes) is 1. The number of rotatable bonds is 10. The van der Waals surface area contributed by atoms with E-state index in [1.165, 1.54) is 33.9 Å². The number of carbonyl (C=O) groups excluding carboxylic acids is 2. The van der Waals surface area contributed by atoms with Crippen LogP contribution in [0.5, 0.6) is 11.5 Å². The molecule has 2 heterocycles. The van der Waals surface area contributed by atoms with E-state index in [2.05, 4.69) is 15.3 Å². The van der Waals surface area contributed by atoms with Gasteiger partial charge in [-0.15, -0.1) is 0 Å². The number of nitrogens with zero attached hydrogens (tertiary/aromatic N) is 3. The molecule has 4 rings (SSSR count). The van der Waals surface area contributed by atoms with Gasteiger partial charge >= 0.3 is 0 Å². The molecule has 0 aliphatic heterocycles. The Balaban J connectivity index is 1.49. The number of anilines is 1. The topological polar surface area (TPSA) is 109 Å². The molecule has 2 amide bonds. The van der Waals surface area contributed by atoms with Crippen LogP contribution >= 0.6 is 0 Å². The predicted octanol–water partition coefficient (Wildman–Crippen LogP) is 4.87. The number of H-pyrrole nitrogens is 1. The summed E-state index contributed by atoms with van der Waals surface area (Å²) >= 11 is 0. The number of likely N-dealkylation sites (N-methyl/N-ethyl adjacent to an activating group) is 1. The maximum Gasteiger partial charge on any atom is 0.274 e. The maximum absolute atomic E-state index is 14.6. The van der Waals surface area contributed by atoms with Crippen LogP contribution in [0.15, 0.2) is 59.5 Å². The van der Waals surface area contributed by atoms with Gasteiger partial charge in [0.05, 0.1) is 12.1 Å². The number of hydrogen-bond acceptors (Lipinski definition) is 5. The first kappa shape index (κ1) is 29.1. The van der Waals surface area contributed by atoms with E-state index < -0.39 is 46.2 Å². The van der Waals surface area contributed by atoms with Crippen molar-refractivity contribution in [3.05, 3.63) is 94.2 Å². The molecule has 0 radical (unpaired) electrons. The number of aromatic amines is 1. The van der Waals surface area contributed by atoms with Gasteiger partial charge in [-0.25, -0.2) is 18.2 Å². The van der Waals surface area contributed by atoms with Crippen LogP contribution in [0.3, 0.4) is 0 Å². The number of pyridine rings is 1. The van der Waals surface area contributed by atoms with Crippen LogP contribution in [-0.4, -0.2) is 45.3 Å². The first-order valence-electron chi connectivity index (χ1n) is 12.4. The first-order chi connectivity index (χ1) is 19.5. The Labute approximate surface area is 231 Å². The van der Waals surface area contributed by atoms with Gasteiger partial charge in [0.2, 0.25) is 17.6 Å². The van der Waals surface area contributed by atoms with Gasteiger partial charge in [-0.05, 0) is 43.2 Å². The minimum Gasteiger partial charge on any atom is -0.449 e. The largest absolute Gasteiger partial charge is 0.449 e. The summed E-state index contributed by atoms with van der Waals surface area (Å²) < 4.78 is 62.7. The first-order valence-corrected chi connectivity index (χ1v) is 12.4. The third-order valence-electron chi connectivity index (χ3n) is 5.87. The van der Waals surface area contributed by atoms with Crippen LogP contribution in [0.25, 0.3) is 11.0 Å². The third kappa shape index (κ3) is 6.99. The maximum atomic E-state index is 14.6. The second-order valence-corrected chi connectivity index (χ2v) is 9.19. The van der Waals surface area contributed by atoms with E-state index in [-0.39, 0.29) is 41.4 Å². The number of amides is 2. The van der Waals surface area contributed by atoms with E-state index in [0.717, 1.165) is 18.2 Å². The average Bonchev–Trinajstić information content (AvgIpc) is 3.31. The summed E-state index contributed by atoms with van der Waals surface area (Å²) in [6.45, 7) is -0.171. The van der Waals surface area contributed by atoms with Crippen LogP contribution in [0.1, 0.15) is 25.1 Å². The summed E-state index contributed by atoms with van der Waals surface area (Å²) in [5.74, 6) is -6.44. The van der Waals surface area contributed by atoms with Gasteiger partial charge < -0.3 is 24.5 Å². The summed E-state index contributed by atoms with van der Waals surface area (Å²) in [5.41, 5.74) is -0.712. The number of fused-ring (bicyclic) bond motifs is 1. The molecule has 0 saturated heterocycles. The Morgan fingerprint density at radius 2 is 1.90 bits per heavy atom. The fraction of sp³-hybridized carbons (Fsp3) is 0.214. The third-order valence-corrected chi connectivity index (χ3v) is 5.87. The van der Waals surface area contributed by atoms with E-state index in [9.17, 15) is 31.9 Å². The fourth-order valence-electron chi connectivity index (χ4n) is 3.80. The molecule has 0 bridgehead atoms. The van der Waals surface area contributed by atoms with Crippen LogP contribution in [-0.2, 0) is 16.1 Å². The minimum atomic E-state index is -1.43. The smallest absolute Gasteiger partial charge is 0.274 e. The van der Waals surface area contributed by atoms with Gasteiger partial charge in [-0.1, -0.05) is 6.08 Å². The lowest BCUT2D eigenvalue weighted by atomic mass is 10.2. The number of halogens is 4. The number of hydrogen-bond donors (Lipinski definition) is 2. The number of benzene rings is 2. The molecular formula is C28H25F4N5O4. The second kappa shape index (κ2) is 12.5. The lowest BCUT2D eigenvalue weighted by Gasteiger charge is -2.09. The zero-order valence-electron chi connectivity index (χ0n) is 22.0. The Kier molecular flexibility index (Phi) is 8.85. The Bertz CT molecular complexity index is 1700. The summed E-state index contributed by atoms with van der Waals surface area (Å²) in [7, 11) is 3.26. The molecule has 0 fully saturated rings. The summed E-state index contributed by atoms with van der Waals surface area (Å²) in [6, 6.07) is 6.15. The van der Waals surface area contributed by atoms with Crippen molar-refractivity contribution >= 4 is 28.5 Å². The molecule has 2 N–H and O–H groups in total. The van der Waals surface area contributed by atoms with E-state index >= 15 is 0 Å². The van der Waals surface area contributed by atoms with Gasteiger partial charge in [-0.3, -0.25) is 14.4 Å². The van der Waals surface area contributed by atoms with Crippen molar-refractivity contribution in [2.45, 2.75) is 25.8 Å². The van der Waals surface area contributed by atoms with E-state index in [4.69, 9.17) is 4.74 Å². The molecule has 0 spiro atoms. The standard InChI is InChI=1S/C28H25F4N5O4/c1-36(2)24(39)9-5-3-4-8-23(38)34-19-7-6-12-37(28(19)40)15-22-33-20-14-18(31)25(32)27(26(20)35-22)41-21-11-10-16(29)13-17(21)30/h5-7,9-14H,3-4,8,15H2,1-2H3,(H,33,35)(H,34,38)/b9-5+. The van der Waals surface area contributed by atoms with Gasteiger partial charge in [0.25, 0.3) is 5.56 Å². The van der Waals surface area contributed by atoms with Crippen molar-refractivity contribution in [1.29, 1.82) is 0 Å². The van der Waals surface area contributed by atoms with Crippen molar-refractivity contribution in [3.63, 3.8) is 0 Å². The lowest BCUT2D eigenvalue weighted by molar-refractivity contribution is -0.123. The van der Waals surface area contributed by atoms with Crippen LogP contribution in [0.2, 0.25) is 0 Å². The minimum absolute atomic E-state index is 0.00950. The number of nitrogens with one attached hydrogen (secondary N) is 2. The van der Waals surface area contributed by atoms with Gasteiger partial charge in [0.1, 0.15) is 22.8 Å². The normalized spacial score (nSPS) is 11.3. The summed E-state index contributed by atoms with van der Waals surface area (Å²) in [5, 5.41) is 2.56. The molecule has 0 unspecified atom stereocenters. The SMILES string of the molecule is CN(C)C(=O)/C=C/CCCC(=O)Nc1cccn(Cc2nc3c(Oc4ccc(F)cc4F)c(F)c(F)cc3[nH]2)c1=O. The molecule has 0 aliphatic rings. The van der Waals surface area contributed by atoms with Crippen molar-refractivity contribution in [2.24, 2.45) is 0 Å². The number of carbonyl (C=O) groups is 2. The molecular weight excluding hydrogens is 546 g/mol. The molecule has 2 aromatic carbocycles. The van der Waals surface area contributed by atoms with Crippen molar-refractivity contribution in [1.82, 2.24) is 19.4 Å². The van der Waals surface area contributed by atoms with E-state index in [1.54, 1.807) is 20.2 Å². The predicted molar refractivity (Wildman–Crippen MR) is 143 cm³/mol. The van der Waals surface area contributed by atoms with Gasteiger partial charge in [0.15, 0.2) is 23.1 Å². The van der Waals surface area contributed by atoms with Crippen molar-refractivity contribution in [3.8, 4) is 11.5 Å². The zero-order valence-corrected chi connectivity index (χ0v) is 22.0. The number of imidazole rings is 1. The van der Waals surface area contributed by atoms with Crippen molar-refractivity contribution < 1.29 is 31.9 Å². The monoisotopic (exact) mass is 571 g/mol. The molecule has 0 saturated carbocycles. The highest BCUT2D eigenvalue weighted by Crippen LogP contribution is 2.34. The number of allylic oxidation sites excluding steroid dienone is 1. The Hall–Kier alpha value is -4.94. The van der Waals surface area contributed by atoms with Crippen LogP contribution in [0, 0.1) is 23.3 Å². The highest BCUT2D eigenvalue weighted by Gasteiger charge is 2.21. The summed E-state index contributed by atoms with van der Waals surface area (Å²) in [6.07, 6.45) is 5.60. The van der Waals surface area contributed by atoms with Gasteiger partial charge in [0, 0.05) is 38.8 Å². The lowest BCUT2D eigenvalue weighted by Crippen LogP contribution is -2.26.